The van der Waals surface area contributed by atoms with Crippen LogP contribution in [-0.2, 0) is 55.8 Å². The molecule has 1 heterocycles. The number of alkyl carbamates (subject to hydrolysis) is 2. The van der Waals surface area contributed by atoms with Crippen LogP contribution in [0.15, 0.2) is 54.6 Å². The predicted molar refractivity (Wildman–Crippen MR) is 313 cm³/mol. The molecular weight excluding hydrogens is 1050 g/mol. The number of Topliss-reactive ketones (excluding diaryl/α,β-unsaturated/α-hetero) is 4. The van der Waals surface area contributed by atoms with Gasteiger partial charge in [0, 0.05) is 74.2 Å². The number of ketones is 4. The maximum atomic E-state index is 15.3. The third kappa shape index (κ3) is 22.0. The molecule has 1 aliphatic rings. The van der Waals surface area contributed by atoms with E-state index in [4.69, 9.17) is 23.7 Å². The maximum Gasteiger partial charge on any atom is 0.407 e. The first-order valence-electron chi connectivity index (χ1n) is 29.0. The first-order chi connectivity index (χ1) is 38.6. The Morgan fingerprint density at radius 2 is 1.37 bits per heavy atom. The highest BCUT2D eigenvalue weighted by molar-refractivity contribution is 6.01. The zero-order valence-electron chi connectivity index (χ0n) is 50.8. The van der Waals surface area contributed by atoms with Crippen molar-refractivity contribution in [2.45, 2.75) is 183 Å². The molecule has 0 radical (unpaired) electrons. The molecule has 1 aliphatic heterocycles. The summed E-state index contributed by atoms with van der Waals surface area (Å²) in [5.41, 5.74) is 2.62. The smallest absolute Gasteiger partial charge is 0.407 e. The molecule has 0 saturated heterocycles. The molecule has 4 bridgehead atoms. The van der Waals surface area contributed by atoms with E-state index >= 15 is 9.59 Å². The van der Waals surface area contributed by atoms with Crippen LogP contribution >= 0.6 is 0 Å². The highest BCUT2D eigenvalue weighted by Gasteiger charge is 2.37. The van der Waals surface area contributed by atoms with Crippen LogP contribution in [0.25, 0.3) is 11.1 Å². The fourth-order valence-corrected chi connectivity index (χ4v) is 9.59. The van der Waals surface area contributed by atoms with Crippen LogP contribution in [0.3, 0.4) is 0 Å². The lowest BCUT2D eigenvalue weighted by molar-refractivity contribution is -0.147. The van der Waals surface area contributed by atoms with Gasteiger partial charge in [-0.1, -0.05) is 83.7 Å². The number of nitrogens with zero attached hydrogens (tertiary/aromatic N) is 1. The Bertz CT molecular complexity index is 2720. The average molecular weight is 1140 g/mol. The van der Waals surface area contributed by atoms with Crippen molar-refractivity contribution >= 4 is 53.1 Å². The molecule has 0 aliphatic carbocycles. The Labute approximate surface area is 485 Å². The summed E-state index contributed by atoms with van der Waals surface area (Å²) in [7, 11) is 1.48. The Hall–Kier alpha value is -7.11. The summed E-state index contributed by atoms with van der Waals surface area (Å²) in [4.78, 5) is 125. The number of amides is 4. The molecule has 18 heteroatoms. The molecule has 0 unspecified atom stereocenters. The number of esters is 1. The number of fused-ring (bicyclic) bond motifs is 5. The third-order valence-electron chi connectivity index (χ3n) is 13.9. The fourth-order valence-electron chi connectivity index (χ4n) is 9.59. The quantitative estimate of drug-likeness (QED) is 0.0279. The largest absolute Gasteiger partial charge is 0.493 e. The van der Waals surface area contributed by atoms with Crippen LogP contribution < -0.4 is 25.4 Å². The van der Waals surface area contributed by atoms with E-state index < -0.39 is 101 Å². The summed E-state index contributed by atoms with van der Waals surface area (Å²) in [5.74, 6) is -5.90. The van der Waals surface area contributed by atoms with Crippen molar-refractivity contribution < 1.29 is 66.8 Å². The Morgan fingerprint density at radius 1 is 0.744 bits per heavy atom. The summed E-state index contributed by atoms with van der Waals surface area (Å²) in [5, 5.41) is 8.28. The third-order valence-corrected chi connectivity index (χ3v) is 13.9. The molecule has 82 heavy (non-hydrogen) atoms. The van der Waals surface area contributed by atoms with Crippen LogP contribution in [0.1, 0.15) is 179 Å². The van der Waals surface area contributed by atoms with Gasteiger partial charge in [0.25, 0.3) is 0 Å². The van der Waals surface area contributed by atoms with E-state index in [9.17, 15) is 33.6 Å². The number of carbonyl (C=O) groups excluding carboxylic acids is 9. The fraction of sp³-hybridized carbons (Fsp3) is 0.578. The number of hydrogen-bond acceptors (Lipinski definition) is 14. The van der Waals surface area contributed by atoms with Crippen LogP contribution in [0.4, 0.5) is 9.59 Å². The second-order valence-corrected chi connectivity index (χ2v) is 23.6. The number of unbranched alkanes of at least 4 members (excludes halogenated alkanes) is 4. The Morgan fingerprint density at radius 3 is 1.99 bits per heavy atom. The molecule has 3 N–H and O–H groups in total. The van der Waals surface area contributed by atoms with Gasteiger partial charge in [-0.3, -0.25) is 33.6 Å². The second-order valence-electron chi connectivity index (χ2n) is 23.6. The van der Waals surface area contributed by atoms with Gasteiger partial charge in [0.15, 0.2) is 23.1 Å². The normalized spacial score (nSPS) is 16.3. The number of aryl methyl sites for hydroxylation is 2. The molecule has 3 aromatic carbocycles. The molecule has 4 rings (SSSR count). The molecule has 4 amide bonds. The van der Waals surface area contributed by atoms with Crippen LogP contribution in [0.2, 0.25) is 0 Å². The number of hydrogen-bond donors (Lipinski definition) is 3. The van der Waals surface area contributed by atoms with E-state index in [1.54, 1.807) is 90.9 Å². The van der Waals surface area contributed by atoms with Gasteiger partial charge in [0.1, 0.15) is 42.0 Å². The number of nitrogens with one attached hydrogen (secondary N) is 3. The maximum absolute atomic E-state index is 15.3. The number of rotatable bonds is 27. The number of likely N-dealkylation sites (N-methyl/N-ethyl adjacent to an activating group) is 1. The van der Waals surface area contributed by atoms with Crippen molar-refractivity contribution in [3.63, 3.8) is 0 Å². The molecule has 3 aromatic rings. The SMILES string of the molecule is CCCCCCCc1ccc(C(=O)C[C@@H](CCNC(=O)OC(C)(C)C)C(=O)N(C)[C@@H]2C(=O)C[C@@H](C)C(=O)N[C@H](C(=O)C[C@@H](C)C(=O)COC(C)=O)Cc3ccc(OCCNC(=O)OC(C)(C)C)c(c3)-c3cc2ccc3OCCC)c(C)c1. The minimum Gasteiger partial charge on any atom is -0.493 e. The van der Waals surface area contributed by atoms with Crippen molar-refractivity contribution in [1.29, 1.82) is 0 Å². The molecule has 0 aromatic heterocycles. The van der Waals surface area contributed by atoms with Crippen molar-refractivity contribution in [2.75, 3.05) is 40.0 Å². The summed E-state index contributed by atoms with van der Waals surface area (Å²) in [6.45, 7) is 20.4. The van der Waals surface area contributed by atoms with Crippen molar-refractivity contribution in [3.05, 3.63) is 82.4 Å². The van der Waals surface area contributed by atoms with Gasteiger partial charge in [0.2, 0.25) is 11.8 Å². The molecule has 0 fully saturated rings. The average Bonchev–Trinajstić information content (AvgIpc) is 3.60. The van der Waals surface area contributed by atoms with E-state index in [0.29, 0.717) is 52.3 Å². The van der Waals surface area contributed by atoms with E-state index in [2.05, 4.69) is 22.9 Å². The minimum atomic E-state index is -1.36. The predicted octanol–water partition coefficient (Wildman–Crippen LogP) is 10.5. The van der Waals surface area contributed by atoms with Gasteiger partial charge in [-0.2, -0.15) is 0 Å². The zero-order chi connectivity index (χ0) is 60.9. The number of ether oxygens (including phenoxy) is 5. The van der Waals surface area contributed by atoms with Gasteiger partial charge in [-0.05, 0) is 127 Å². The number of carbonyl (C=O) groups is 9. The highest BCUT2D eigenvalue weighted by atomic mass is 16.6. The van der Waals surface area contributed by atoms with E-state index in [1.807, 2.05) is 26.0 Å². The topological polar surface area (TPSA) is 239 Å². The van der Waals surface area contributed by atoms with E-state index in [-0.39, 0.29) is 51.2 Å². The lowest BCUT2D eigenvalue weighted by atomic mass is 9.87. The van der Waals surface area contributed by atoms with Crippen molar-refractivity contribution in [3.8, 4) is 22.6 Å². The first kappa shape index (κ1) is 67.4. The van der Waals surface area contributed by atoms with Crippen molar-refractivity contribution in [2.24, 2.45) is 17.8 Å². The molecule has 0 spiro atoms. The molecular formula is C64H90N4O14. The zero-order valence-corrected chi connectivity index (χ0v) is 50.8. The van der Waals surface area contributed by atoms with E-state index in [0.717, 1.165) is 43.2 Å². The van der Waals surface area contributed by atoms with Gasteiger partial charge >= 0.3 is 18.2 Å². The minimum absolute atomic E-state index is 0.00251. The summed E-state index contributed by atoms with van der Waals surface area (Å²) in [6, 6.07) is 13.5. The standard InChI is InChI=1S/C64H90N4O14/c1-14-16-17-18-19-20-44-21-24-48(40(3)32-44)52(70)38-47(27-28-65-61(76)81-63(7,8)9)60(75)68(13)58-46-23-26-57(78-30-15-2)50(37-46)49-35-45(22-25-56(49)79-31-29-66-62(77)82-64(10,11)12)36-51(67-59(74)42(5)34-54(58)72)53(71)33-41(4)55(73)39-80-43(6)69/h21-26,32,35,37,41-42,47,51,58H,14-20,27-31,33-34,36,38-39H2,1-13H3,(H,65,76)(H,66,77)(H,67,74)/t41-,42-,47-,51+,58+/m1/s1. The number of benzene rings is 3. The van der Waals surface area contributed by atoms with Crippen molar-refractivity contribution in [1.82, 2.24) is 20.9 Å². The van der Waals surface area contributed by atoms with Gasteiger partial charge in [-0.15, -0.1) is 0 Å². The highest BCUT2D eigenvalue weighted by Crippen LogP contribution is 2.41. The molecule has 0 saturated carbocycles. The summed E-state index contributed by atoms with van der Waals surface area (Å²) < 4.78 is 28.5. The van der Waals surface area contributed by atoms with Crippen LogP contribution in [-0.4, -0.2) is 115 Å². The molecule has 18 nitrogen and oxygen atoms in total. The first-order valence-corrected chi connectivity index (χ1v) is 29.0. The summed E-state index contributed by atoms with van der Waals surface area (Å²) >= 11 is 0. The second kappa shape index (κ2) is 31.9. The van der Waals surface area contributed by atoms with Gasteiger partial charge < -0.3 is 44.5 Å². The monoisotopic (exact) mass is 1140 g/mol. The molecule has 5 atom stereocenters. The lowest BCUT2D eigenvalue weighted by Gasteiger charge is -2.32. The van der Waals surface area contributed by atoms with Gasteiger partial charge in [0.05, 0.1) is 19.2 Å². The van der Waals surface area contributed by atoms with E-state index in [1.165, 1.54) is 32.2 Å². The van der Waals surface area contributed by atoms with Gasteiger partial charge in [-0.25, -0.2) is 9.59 Å². The summed E-state index contributed by atoms with van der Waals surface area (Å²) in [6.07, 6.45) is 4.80. The Kier molecular flexibility index (Phi) is 26.2. The lowest BCUT2D eigenvalue weighted by Crippen LogP contribution is -2.46. The Balaban J connectivity index is 1.87. The molecule has 450 valence electrons. The van der Waals surface area contributed by atoms with Crippen LogP contribution in [0, 0.1) is 24.7 Å². The van der Waals surface area contributed by atoms with Crippen LogP contribution in [0.5, 0.6) is 11.5 Å².